The summed E-state index contributed by atoms with van der Waals surface area (Å²) >= 11 is 0. The van der Waals surface area contributed by atoms with Crippen LogP contribution in [-0.4, -0.2) is 0 Å². The monoisotopic (exact) mass is 573 g/mol. The zero-order valence-corrected chi connectivity index (χ0v) is 24.4. The van der Waals surface area contributed by atoms with Crippen LogP contribution in [0.3, 0.4) is 0 Å². The fraction of sp³-hybridized carbons (Fsp3) is 0.0233. The molecule has 1 spiro atoms. The van der Waals surface area contributed by atoms with Gasteiger partial charge in [0.25, 0.3) is 0 Å². The summed E-state index contributed by atoms with van der Waals surface area (Å²) in [6, 6.07) is 56.9. The van der Waals surface area contributed by atoms with E-state index < -0.39 is 5.41 Å². The van der Waals surface area contributed by atoms with Crippen molar-refractivity contribution in [3.63, 3.8) is 0 Å². The van der Waals surface area contributed by atoms with Crippen molar-refractivity contribution in [2.75, 3.05) is 5.32 Å². The smallest absolute Gasteiger partial charge is 0.135 e. The predicted molar refractivity (Wildman–Crippen MR) is 185 cm³/mol. The molecule has 1 unspecified atom stereocenters. The quantitative estimate of drug-likeness (QED) is 0.227. The third-order valence-electron chi connectivity index (χ3n) is 9.88. The molecule has 1 N–H and O–H groups in total. The standard InChI is InChI=1S/C43H27NO/c1-2-11-27(12-3-1)28-21-23-29(24-22-28)44-37-19-10-18-36-40(37)32-14-5-8-17-35(32)43(36)34-16-7-4-13-30(34)31-25-26-39-41(42(31)43)33-15-6-9-20-38(33)45-39/h1-26,44H. The number of hydrogen-bond donors (Lipinski definition) is 1. The van der Waals surface area contributed by atoms with E-state index in [4.69, 9.17) is 4.42 Å². The highest BCUT2D eigenvalue weighted by atomic mass is 16.3. The van der Waals surface area contributed by atoms with Gasteiger partial charge in [0.2, 0.25) is 0 Å². The molecule has 8 aromatic rings. The first-order valence-corrected chi connectivity index (χ1v) is 15.5. The van der Waals surface area contributed by atoms with Gasteiger partial charge in [-0.1, -0.05) is 127 Å². The number of hydrogen-bond acceptors (Lipinski definition) is 2. The fourth-order valence-corrected chi connectivity index (χ4v) is 8.13. The lowest BCUT2D eigenvalue weighted by Crippen LogP contribution is -2.26. The van der Waals surface area contributed by atoms with Crippen LogP contribution in [-0.2, 0) is 5.41 Å². The first kappa shape index (κ1) is 24.6. The van der Waals surface area contributed by atoms with Crippen LogP contribution in [0, 0.1) is 0 Å². The van der Waals surface area contributed by atoms with Gasteiger partial charge in [0.05, 0.1) is 5.41 Å². The second-order valence-corrected chi connectivity index (χ2v) is 12.1. The van der Waals surface area contributed by atoms with Crippen LogP contribution in [0.15, 0.2) is 162 Å². The molecule has 0 aliphatic heterocycles. The van der Waals surface area contributed by atoms with Gasteiger partial charge in [0.15, 0.2) is 0 Å². The summed E-state index contributed by atoms with van der Waals surface area (Å²) in [6.45, 7) is 0. The zero-order chi connectivity index (χ0) is 29.5. The summed E-state index contributed by atoms with van der Waals surface area (Å²) in [4.78, 5) is 0. The molecular weight excluding hydrogens is 546 g/mol. The Kier molecular flexibility index (Phi) is 4.95. The molecule has 1 heterocycles. The minimum absolute atomic E-state index is 0.473. The molecule has 2 aliphatic carbocycles. The largest absolute Gasteiger partial charge is 0.456 e. The van der Waals surface area contributed by atoms with Crippen molar-refractivity contribution < 1.29 is 4.42 Å². The van der Waals surface area contributed by atoms with Crippen LogP contribution in [0.5, 0.6) is 0 Å². The summed E-state index contributed by atoms with van der Waals surface area (Å²) in [5, 5.41) is 6.19. The molecule has 10 rings (SSSR count). The Morgan fingerprint density at radius 2 is 1.11 bits per heavy atom. The second-order valence-electron chi connectivity index (χ2n) is 12.1. The summed E-state index contributed by atoms with van der Waals surface area (Å²) in [5.41, 5.74) is 16.3. The van der Waals surface area contributed by atoms with Crippen molar-refractivity contribution in [1.82, 2.24) is 0 Å². The highest BCUT2D eigenvalue weighted by Crippen LogP contribution is 2.65. The average molecular weight is 574 g/mol. The van der Waals surface area contributed by atoms with Crippen LogP contribution in [0.25, 0.3) is 55.3 Å². The van der Waals surface area contributed by atoms with E-state index in [9.17, 15) is 0 Å². The first-order valence-electron chi connectivity index (χ1n) is 15.5. The number of para-hydroxylation sites is 1. The Morgan fingerprint density at radius 1 is 0.444 bits per heavy atom. The number of nitrogens with one attached hydrogen (secondary N) is 1. The normalized spacial score (nSPS) is 15.6. The molecular formula is C43H27NO. The molecule has 0 bridgehead atoms. The van der Waals surface area contributed by atoms with Gasteiger partial charge >= 0.3 is 0 Å². The van der Waals surface area contributed by atoms with Gasteiger partial charge < -0.3 is 9.73 Å². The van der Waals surface area contributed by atoms with Crippen LogP contribution in [0.2, 0.25) is 0 Å². The molecule has 0 saturated heterocycles. The lowest BCUT2D eigenvalue weighted by Gasteiger charge is -2.31. The molecule has 0 radical (unpaired) electrons. The molecule has 45 heavy (non-hydrogen) atoms. The number of rotatable bonds is 3. The van der Waals surface area contributed by atoms with Gasteiger partial charge in [-0.2, -0.15) is 0 Å². The molecule has 1 aromatic heterocycles. The Balaban J connectivity index is 1.24. The molecule has 0 amide bonds. The minimum Gasteiger partial charge on any atom is -0.456 e. The van der Waals surface area contributed by atoms with E-state index in [1.54, 1.807) is 0 Å². The zero-order valence-electron chi connectivity index (χ0n) is 24.4. The number of furan rings is 1. The van der Waals surface area contributed by atoms with Gasteiger partial charge in [0, 0.05) is 27.7 Å². The van der Waals surface area contributed by atoms with Gasteiger partial charge in [-0.15, -0.1) is 0 Å². The second kappa shape index (κ2) is 9.07. The maximum Gasteiger partial charge on any atom is 0.135 e. The van der Waals surface area contributed by atoms with E-state index in [0.29, 0.717) is 0 Å². The van der Waals surface area contributed by atoms with Gasteiger partial charge in [-0.3, -0.25) is 0 Å². The third kappa shape index (κ3) is 3.23. The van der Waals surface area contributed by atoms with Crippen molar-refractivity contribution >= 4 is 33.3 Å². The first-order chi connectivity index (χ1) is 22.3. The van der Waals surface area contributed by atoms with E-state index in [2.05, 4.69) is 163 Å². The molecule has 210 valence electrons. The van der Waals surface area contributed by atoms with Crippen molar-refractivity contribution in [3.8, 4) is 33.4 Å². The third-order valence-corrected chi connectivity index (χ3v) is 9.88. The molecule has 0 fully saturated rings. The predicted octanol–water partition coefficient (Wildman–Crippen LogP) is 11.3. The molecule has 7 aromatic carbocycles. The van der Waals surface area contributed by atoms with Crippen molar-refractivity contribution in [1.29, 1.82) is 0 Å². The summed E-state index contributed by atoms with van der Waals surface area (Å²) in [7, 11) is 0. The van der Waals surface area contributed by atoms with Crippen LogP contribution >= 0.6 is 0 Å². The van der Waals surface area contributed by atoms with Crippen LogP contribution in [0.1, 0.15) is 22.3 Å². The van der Waals surface area contributed by atoms with Crippen LogP contribution in [0.4, 0.5) is 11.4 Å². The lowest BCUT2D eigenvalue weighted by atomic mass is 9.69. The Morgan fingerprint density at radius 3 is 1.96 bits per heavy atom. The Labute approximate surface area is 261 Å². The maximum atomic E-state index is 6.49. The maximum absolute atomic E-state index is 6.49. The minimum atomic E-state index is -0.473. The Bertz CT molecular complexity index is 2450. The highest BCUT2D eigenvalue weighted by molar-refractivity contribution is 6.13. The number of fused-ring (bicyclic) bond motifs is 14. The summed E-state index contributed by atoms with van der Waals surface area (Å²) in [6.07, 6.45) is 0. The SMILES string of the molecule is c1ccc(-c2ccc(Nc3cccc4c3-c3ccccc3C43c4ccccc4-c4ccc5oc6ccccc6c5c43)cc2)cc1. The number of benzene rings is 7. The molecule has 1 atom stereocenters. The average Bonchev–Trinajstić information content (AvgIpc) is 3.73. The molecule has 2 nitrogen and oxygen atoms in total. The lowest BCUT2D eigenvalue weighted by molar-refractivity contribution is 0.668. The fourth-order valence-electron chi connectivity index (χ4n) is 8.13. The van der Waals surface area contributed by atoms with Gasteiger partial charge in [0.1, 0.15) is 11.2 Å². The molecule has 0 saturated carbocycles. The van der Waals surface area contributed by atoms with Gasteiger partial charge in [-0.05, 0) is 80.4 Å². The number of anilines is 2. The van der Waals surface area contributed by atoms with E-state index >= 15 is 0 Å². The van der Waals surface area contributed by atoms with E-state index in [1.807, 2.05) is 0 Å². The van der Waals surface area contributed by atoms with Crippen molar-refractivity contribution in [2.45, 2.75) is 5.41 Å². The van der Waals surface area contributed by atoms with E-state index in [1.165, 1.54) is 61.0 Å². The van der Waals surface area contributed by atoms with Crippen molar-refractivity contribution in [2.24, 2.45) is 0 Å². The van der Waals surface area contributed by atoms with E-state index in [0.717, 1.165) is 27.9 Å². The summed E-state index contributed by atoms with van der Waals surface area (Å²) < 4.78 is 6.49. The van der Waals surface area contributed by atoms with E-state index in [-0.39, 0.29) is 0 Å². The Hall–Kier alpha value is -5.86. The highest BCUT2D eigenvalue weighted by Gasteiger charge is 2.53. The van der Waals surface area contributed by atoms with Crippen molar-refractivity contribution in [3.05, 3.63) is 180 Å². The van der Waals surface area contributed by atoms with Gasteiger partial charge in [-0.25, -0.2) is 0 Å². The van der Waals surface area contributed by atoms with Crippen LogP contribution < -0.4 is 5.32 Å². The topological polar surface area (TPSA) is 25.2 Å². The summed E-state index contributed by atoms with van der Waals surface area (Å²) in [5.74, 6) is 0. The molecule has 2 aliphatic rings. The molecule has 2 heteroatoms.